The quantitative estimate of drug-likeness (QED) is 0.836. The molecule has 2 aliphatic rings. The summed E-state index contributed by atoms with van der Waals surface area (Å²) in [6.45, 7) is 7.94. The Morgan fingerprint density at radius 3 is 2.40 bits per heavy atom. The summed E-state index contributed by atoms with van der Waals surface area (Å²) >= 11 is 0. The van der Waals surface area contributed by atoms with E-state index in [1.54, 1.807) is 0 Å². The average Bonchev–Trinajstić information content (AvgIpc) is 2.47. The second-order valence-corrected chi connectivity index (χ2v) is 6.64. The van der Waals surface area contributed by atoms with Crippen molar-refractivity contribution in [3.05, 3.63) is 0 Å². The van der Waals surface area contributed by atoms with E-state index in [1.165, 1.54) is 0 Å². The number of rotatable bonds is 3. The highest BCUT2D eigenvalue weighted by atomic mass is 35.5. The van der Waals surface area contributed by atoms with Crippen molar-refractivity contribution in [1.29, 1.82) is 0 Å². The lowest BCUT2D eigenvalue weighted by atomic mass is 9.75. The predicted octanol–water partition coefficient (Wildman–Crippen LogP) is 1.81. The summed E-state index contributed by atoms with van der Waals surface area (Å²) in [4.78, 5) is 14.7. The molecule has 2 aliphatic heterocycles. The van der Waals surface area contributed by atoms with Crippen LogP contribution in [0.1, 0.15) is 46.0 Å². The SMILES string of the molecule is CCC1(CO)CCN(C(=O)C2(C)CCCNC2)CC1.Cl. The third kappa shape index (κ3) is 3.46. The standard InChI is InChI=1S/C15H28N2O2.ClH/c1-3-15(12-18)6-9-17(10-7-15)13(19)14(2)5-4-8-16-11-14;/h16,18H,3-12H2,1-2H3;1H. The molecule has 0 saturated carbocycles. The molecule has 4 nitrogen and oxygen atoms in total. The molecule has 0 aromatic carbocycles. The minimum atomic E-state index is -0.219. The van der Waals surface area contributed by atoms with Gasteiger partial charge < -0.3 is 15.3 Å². The Kier molecular flexibility index (Phi) is 6.29. The molecule has 0 aromatic heterocycles. The molecular formula is C15H29ClN2O2. The fourth-order valence-electron chi connectivity index (χ4n) is 3.43. The van der Waals surface area contributed by atoms with Gasteiger partial charge in [-0.25, -0.2) is 0 Å². The Bertz CT molecular complexity index is 316. The van der Waals surface area contributed by atoms with Crippen molar-refractivity contribution >= 4 is 18.3 Å². The fourth-order valence-corrected chi connectivity index (χ4v) is 3.43. The number of nitrogens with zero attached hydrogens (tertiary/aromatic N) is 1. The van der Waals surface area contributed by atoms with Crippen molar-refractivity contribution in [2.75, 3.05) is 32.8 Å². The van der Waals surface area contributed by atoms with Gasteiger partial charge in [-0.3, -0.25) is 4.79 Å². The summed E-state index contributed by atoms with van der Waals surface area (Å²) in [5.41, 5.74) is -0.161. The number of likely N-dealkylation sites (tertiary alicyclic amines) is 1. The van der Waals surface area contributed by atoms with Gasteiger partial charge in [-0.15, -0.1) is 12.4 Å². The largest absolute Gasteiger partial charge is 0.396 e. The summed E-state index contributed by atoms with van der Waals surface area (Å²) in [6.07, 6.45) is 4.97. The van der Waals surface area contributed by atoms with Crippen LogP contribution in [0.5, 0.6) is 0 Å². The minimum Gasteiger partial charge on any atom is -0.396 e. The summed E-state index contributed by atoms with van der Waals surface area (Å²) in [5, 5.41) is 12.9. The molecule has 0 bridgehead atoms. The molecule has 0 aromatic rings. The molecule has 1 unspecified atom stereocenters. The highest BCUT2D eigenvalue weighted by Gasteiger charge is 2.41. The van der Waals surface area contributed by atoms with Gasteiger partial charge in [0.2, 0.25) is 5.91 Å². The number of aliphatic hydroxyl groups is 1. The lowest BCUT2D eigenvalue weighted by Crippen LogP contribution is -2.53. The van der Waals surface area contributed by atoms with E-state index in [4.69, 9.17) is 0 Å². The predicted molar refractivity (Wildman–Crippen MR) is 83.1 cm³/mol. The summed E-state index contributed by atoms with van der Waals surface area (Å²) < 4.78 is 0. The molecule has 2 heterocycles. The maximum absolute atomic E-state index is 12.7. The van der Waals surface area contributed by atoms with E-state index < -0.39 is 0 Å². The zero-order chi connectivity index (χ0) is 13.9. The van der Waals surface area contributed by atoms with Gasteiger partial charge in [0.1, 0.15) is 0 Å². The van der Waals surface area contributed by atoms with Crippen molar-refractivity contribution < 1.29 is 9.90 Å². The topological polar surface area (TPSA) is 52.6 Å². The molecule has 2 fully saturated rings. The van der Waals surface area contributed by atoms with E-state index in [-0.39, 0.29) is 29.8 Å². The van der Waals surface area contributed by atoms with Crippen molar-refractivity contribution in [3.63, 3.8) is 0 Å². The van der Waals surface area contributed by atoms with Gasteiger partial charge in [0.25, 0.3) is 0 Å². The number of hydrogen-bond acceptors (Lipinski definition) is 3. The summed E-state index contributed by atoms with van der Waals surface area (Å²) in [5.74, 6) is 0.308. The first-order valence-corrected chi connectivity index (χ1v) is 7.66. The van der Waals surface area contributed by atoms with Crippen molar-refractivity contribution in [1.82, 2.24) is 10.2 Å². The second-order valence-electron chi connectivity index (χ2n) is 6.64. The van der Waals surface area contributed by atoms with Crippen LogP contribution in [0.3, 0.4) is 0 Å². The van der Waals surface area contributed by atoms with Crippen LogP contribution < -0.4 is 5.32 Å². The summed E-state index contributed by atoms with van der Waals surface area (Å²) in [6, 6.07) is 0. The Morgan fingerprint density at radius 1 is 1.30 bits per heavy atom. The Balaban J connectivity index is 0.00000200. The van der Waals surface area contributed by atoms with E-state index in [0.717, 1.165) is 58.3 Å². The fraction of sp³-hybridized carbons (Fsp3) is 0.933. The first-order valence-electron chi connectivity index (χ1n) is 7.66. The Hall–Kier alpha value is -0.320. The molecule has 5 heteroatoms. The van der Waals surface area contributed by atoms with Gasteiger partial charge in [-0.2, -0.15) is 0 Å². The molecule has 20 heavy (non-hydrogen) atoms. The number of halogens is 1. The molecule has 0 spiro atoms. The number of piperidine rings is 2. The van der Waals surface area contributed by atoms with Crippen LogP contribution in [0, 0.1) is 10.8 Å². The smallest absolute Gasteiger partial charge is 0.229 e. The van der Waals surface area contributed by atoms with E-state index in [1.807, 2.05) is 4.90 Å². The van der Waals surface area contributed by atoms with E-state index in [2.05, 4.69) is 19.2 Å². The number of carbonyl (C=O) groups excluding carboxylic acids is 1. The lowest BCUT2D eigenvalue weighted by molar-refractivity contribution is -0.145. The Labute approximate surface area is 128 Å². The van der Waals surface area contributed by atoms with E-state index in [0.29, 0.717) is 5.91 Å². The maximum atomic E-state index is 12.7. The van der Waals surface area contributed by atoms with Crippen molar-refractivity contribution in [2.24, 2.45) is 10.8 Å². The van der Waals surface area contributed by atoms with Crippen molar-refractivity contribution in [3.8, 4) is 0 Å². The highest BCUT2D eigenvalue weighted by molar-refractivity contribution is 5.85. The highest BCUT2D eigenvalue weighted by Crippen LogP contribution is 2.36. The van der Waals surface area contributed by atoms with Crippen molar-refractivity contribution in [2.45, 2.75) is 46.0 Å². The number of nitrogens with one attached hydrogen (secondary N) is 1. The zero-order valence-electron chi connectivity index (χ0n) is 12.8. The van der Waals surface area contributed by atoms with Gasteiger partial charge in [-0.1, -0.05) is 6.92 Å². The molecule has 0 aliphatic carbocycles. The normalized spacial score (nSPS) is 29.6. The number of amides is 1. The Morgan fingerprint density at radius 2 is 1.95 bits per heavy atom. The van der Waals surface area contributed by atoms with Gasteiger partial charge in [-0.05, 0) is 51.0 Å². The molecule has 1 atom stereocenters. The summed E-state index contributed by atoms with van der Waals surface area (Å²) in [7, 11) is 0. The second kappa shape index (κ2) is 7.10. The van der Waals surface area contributed by atoms with Crippen LogP contribution >= 0.6 is 12.4 Å². The van der Waals surface area contributed by atoms with Gasteiger partial charge in [0.15, 0.2) is 0 Å². The molecule has 1 amide bonds. The first-order chi connectivity index (χ1) is 9.05. The monoisotopic (exact) mass is 304 g/mol. The van der Waals surface area contributed by atoms with Crippen LogP contribution in [0.15, 0.2) is 0 Å². The zero-order valence-corrected chi connectivity index (χ0v) is 13.6. The van der Waals surface area contributed by atoms with Crippen LogP contribution in [-0.2, 0) is 4.79 Å². The molecule has 2 saturated heterocycles. The maximum Gasteiger partial charge on any atom is 0.229 e. The molecular weight excluding hydrogens is 276 g/mol. The number of aliphatic hydroxyl groups excluding tert-OH is 1. The molecule has 2 N–H and O–H groups in total. The minimum absolute atomic E-state index is 0. The van der Waals surface area contributed by atoms with E-state index in [9.17, 15) is 9.90 Å². The number of hydrogen-bond donors (Lipinski definition) is 2. The van der Waals surface area contributed by atoms with Crippen LogP contribution in [-0.4, -0.2) is 48.7 Å². The third-order valence-electron chi connectivity index (χ3n) is 5.31. The first kappa shape index (κ1) is 17.7. The van der Waals surface area contributed by atoms with E-state index >= 15 is 0 Å². The average molecular weight is 305 g/mol. The van der Waals surface area contributed by atoms with Gasteiger partial charge in [0, 0.05) is 26.2 Å². The molecule has 0 radical (unpaired) electrons. The van der Waals surface area contributed by atoms with Gasteiger partial charge in [0.05, 0.1) is 5.41 Å². The molecule has 118 valence electrons. The number of carbonyl (C=O) groups is 1. The van der Waals surface area contributed by atoms with Gasteiger partial charge >= 0.3 is 0 Å². The third-order valence-corrected chi connectivity index (χ3v) is 5.31. The lowest BCUT2D eigenvalue weighted by Gasteiger charge is -2.44. The molecule has 2 rings (SSSR count). The van der Waals surface area contributed by atoms with Crippen LogP contribution in [0.4, 0.5) is 0 Å². The van der Waals surface area contributed by atoms with Crippen LogP contribution in [0.25, 0.3) is 0 Å². The van der Waals surface area contributed by atoms with Crippen LogP contribution in [0.2, 0.25) is 0 Å².